The van der Waals surface area contributed by atoms with E-state index >= 15 is 0 Å². The summed E-state index contributed by atoms with van der Waals surface area (Å²) in [6.07, 6.45) is 1.63. The van der Waals surface area contributed by atoms with Gasteiger partial charge in [0, 0.05) is 32.2 Å². The van der Waals surface area contributed by atoms with Crippen LogP contribution in [0.15, 0.2) is 0 Å². The summed E-state index contributed by atoms with van der Waals surface area (Å²) >= 11 is 0. The van der Waals surface area contributed by atoms with Crippen molar-refractivity contribution in [3.63, 3.8) is 0 Å². The molecule has 0 saturated carbocycles. The molecule has 2 saturated heterocycles. The molecule has 2 N–H and O–H groups in total. The van der Waals surface area contributed by atoms with Crippen molar-refractivity contribution in [2.24, 2.45) is 5.84 Å². The number of hydrogen-bond donors (Lipinski definition) is 1. The molecule has 0 unspecified atom stereocenters. The highest BCUT2D eigenvalue weighted by Gasteiger charge is 2.33. The zero-order valence-corrected chi connectivity index (χ0v) is 7.25. The van der Waals surface area contributed by atoms with Crippen LogP contribution >= 0.6 is 0 Å². The van der Waals surface area contributed by atoms with Crippen molar-refractivity contribution in [3.05, 3.63) is 0 Å². The Balaban J connectivity index is 1.75. The lowest BCUT2D eigenvalue weighted by Crippen LogP contribution is -2.57. The number of rotatable bonds is 1. The molecule has 0 atom stereocenters. The second kappa shape index (κ2) is 3.28. The molecule has 4 heteroatoms. The fraction of sp³-hybridized carbons (Fsp3) is 1.00. The molecule has 2 fully saturated rings. The number of likely N-dealkylation sites (tertiary alicyclic amines) is 1. The van der Waals surface area contributed by atoms with E-state index in [4.69, 9.17) is 5.84 Å². The number of hydrogen-bond acceptors (Lipinski definition) is 3. The highest BCUT2D eigenvalue weighted by atomic mass is 19.1. The maximum absolute atomic E-state index is 12.5. The molecule has 2 rings (SSSR count). The molecular formula is C8H16FN3. The van der Waals surface area contributed by atoms with Crippen molar-refractivity contribution >= 4 is 0 Å². The summed E-state index contributed by atoms with van der Waals surface area (Å²) < 4.78 is 12.5. The van der Waals surface area contributed by atoms with E-state index < -0.39 is 6.17 Å². The summed E-state index contributed by atoms with van der Waals surface area (Å²) in [5, 5.41) is 1.85. The fourth-order valence-electron chi connectivity index (χ4n) is 2.00. The number of halogens is 1. The van der Waals surface area contributed by atoms with Crippen molar-refractivity contribution in [1.82, 2.24) is 9.91 Å². The Kier molecular flexibility index (Phi) is 2.30. The molecule has 0 bridgehead atoms. The Bertz CT molecular complexity index is 150. The van der Waals surface area contributed by atoms with Gasteiger partial charge >= 0.3 is 0 Å². The molecular weight excluding hydrogens is 157 g/mol. The average Bonchev–Trinajstić information content (AvgIpc) is 2.01. The van der Waals surface area contributed by atoms with Gasteiger partial charge in [-0.05, 0) is 12.8 Å². The van der Waals surface area contributed by atoms with Crippen molar-refractivity contribution in [2.75, 3.05) is 26.2 Å². The SMILES string of the molecule is NN1CCC(N2CC(F)C2)CC1. The Morgan fingerprint density at radius 3 is 2.25 bits per heavy atom. The number of nitrogens with two attached hydrogens (primary N) is 1. The molecule has 0 amide bonds. The van der Waals surface area contributed by atoms with Crippen molar-refractivity contribution in [2.45, 2.75) is 25.1 Å². The molecule has 0 aromatic rings. The summed E-state index contributed by atoms with van der Waals surface area (Å²) in [5.74, 6) is 5.62. The normalized spacial score (nSPS) is 30.5. The molecule has 0 aliphatic carbocycles. The minimum absolute atomic E-state index is 0.569. The predicted octanol–water partition coefficient (Wildman–Crippen LogP) is -0.0218. The van der Waals surface area contributed by atoms with E-state index in [0.29, 0.717) is 19.1 Å². The predicted molar refractivity (Wildman–Crippen MR) is 45.3 cm³/mol. The second-order valence-electron chi connectivity index (χ2n) is 3.82. The van der Waals surface area contributed by atoms with Gasteiger partial charge in [-0.1, -0.05) is 0 Å². The zero-order valence-electron chi connectivity index (χ0n) is 7.25. The standard InChI is InChI=1S/C8H16FN3/c9-7-5-11(6-7)8-1-3-12(10)4-2-8/h7-8H,1-6,10H2. The Morgan fingerprint density at radius 1 is 1.17 bits per heavy atom. The van der Waals surface area contributed by atoms with Crippen LogP contribution in [-0.2, 0) is 0 Å². The minimum atomic E-state index is -0.569. The average molecular weight is 173 g/mol. The molecule has 3 nitrogen and oxygen atoms in total. The van der Waals surface area contributed by atoms with Crippen LogP contribution < -0.4 is 5.84 Å². The Labute approximate surface area is 72.3 Å². The van der Waals surface area contributed by atoms with Gasteiger partial charge in [0.2, 0.25) is 0 Å². The Hall–Kier alpha value is -0.190. The van der Waals surface area contributed by atoms with Crippen molar-refractivity contribution in [3.8, 4) is 0 Å². The van der Waals surface area contributed by atoms with Gasteiger partial charge in [0.1, 0.15) is 6.17 Å². The molecule has 0 aromatic heterocycles. The first-order chi connectivity index (χ1) is 5.75. The van der Waals surface area contributed by atoms with Gasteiger partial charge in [0.25, 0.3) is 0 Å². The van der Waals surface area contributed by atoms with Crippen LogP contribution in [0.3, 0.4) is 0 Å². The lowest BCUT2D eigenvalue weighted by molar-refractivity contribution is 0.00213. The van der Waals surface area contributed by atoms with Crippen LogP contribution in [0, 0.1) is 0 Å². The molecule has 2 aliphatic rings. The summed E-state index contributed by atoms with van der Waals surface area (Å²) in [5.41, 5.74) is 0. The third kappa shape index (κ3) is 1.60. The van der Waals surface area contributed by atoms with Crippen LogP contribution in [0.1, 0.15) is 12.8 Å². The minimum Gasteiger partial charge on any atom is -0.294 e. The first-order valence-electron chi connectivity index (χ1n) is 4.63. The quantitative estimate of drug-likeness (QED) is 0.566. The monoisotopic (exact) mass is 173 g/mol. The van der Waals surface area contributed by atoms with Crippen LogP contribution in [0.2, 0.25) is 0 Å². The lowest BCUT2D eigenvalue weighted by atomic mass is 10.00. The second-order valence-corrected chi connectivity index (χ2v) is 3.82. The first kappa shape index (κ1) is 8.41. The number of nitrogens with zero attached hydrogens (tertiary/aromatic N) is 2. The van der Waals surface area contributed by atoms with Gasteiger partial charge in [0.05, 0.1) is 0 Å². The van der Waals surface area contributed by atoms with Gasteiger partial charge in [-0.25, -0.2) is 9.40 Å². The third-order valence-corrected chi connectivity index (χ3v) is 2.88. The molecule has 0 spiro atoms. The fourth-order valence-corrected chi connectivity index (χ4v) is 2.00. The van der Waals surface area contributed by atoms with E-state index in [9.17, 15) is 4.39 Å². The van der Waals surface area contributed by atoms with Gasteiger partial charge in [-0.2, -0.15) is 0 Å². The van der Waals surface area contributed by atoms with Gasteiger partial charge < -0.3 is 0 Å². The Morgan fingerprint density at radius 2 is 1.75 bits per heavy atom. The molecule has 12 heavy (non-hydrogen) atoms. The van der Waals surface area contributed by atoms with Crippen LogP contribution in [0.5, 0.6) is 0 Å². The first-order valence-corrected chi connectivity index (χ1v) is 4.63. The molecule has 2 heterocycles. The van der Waals surface area contributed by atoms with Crippen molar-refractivity contribution in [1.29, 1.82) is 0 Å². The zero-order chi connectivity index (χ0) is 8.55. The van der Waals surface area contributed by atoms with Crippen LogP contribution in [-0.4, -0.2) is 48.3 Å². The third-order valence-electron chi connectivity index (χ3n) is 2.88. The van der Waals surface area contributed by atoms with Gasteiger partial charge in [0.15, 0.2) is 0 Å². The number of hydrazine groups is 1. The molecule has 0 radical (unpaired) electrons. The summed E-state index contributed by atoms with van der Waals surface area (Å²) in [6.45, 7) is 3.21. The summed E-state index contributed by atoms with van der Waals surface area (Å²) in [7, 11) is 0. The van der Waals surface area contributed by atoms with Gasteiger partial charge in [-0.15, -0.1) is 0 Å². The smallest absolute Gasteiger partial charge is 0.125 e. The maximum atomic E-state index is 12.5. The largest absolute Gasteiger partial charge is 0.294 e. The molecule has 70 valence electrons. The van der Waals surface area contributed by atoms with E-state index in [1.54, 1.807) is 0 Å². The van der Waals surface area contributed by atoms with E-state index in [-0.39, 0.29) is 0 Å². The highest BCUT2D eigenvalue weighted by Crippen LogP contribution is 2.21. The molecule has 2 aliphatic heterocycles. The topological polar surface area (TPSA) is 32.5 Å². The maximum Gasteiger partial charge on any atom is 0.125 e. The lowest BCUT2D eigenvalue weighted by Gasteiger charge is -2.43. The van der Waals surface area contributed by atoms with E-state index in [1.807, 2.05) is 5.01 Å². The van der Waals surface area contributed by atoms with Gasteiger partial charge in [-0.3, -0.25) is 10.7 Å². The van der Waals surface area contributed by atoms with Crippen LogP contribution in [0.25, 0.3) is 0 Å². The molecule has 0 aromatic carbocycles. The number of alkyl halides is 1. The summed E-state index contributed by atoms with van der Waals surface area (Å²) in [6, 6.07) is 0.594. The van der Waals surface area contributed by atoms with Crippen LogP contribution in [0.4, 0.5) is 4.39 Å². The highest BCUT2D eigenvalue weighted by molar-refractivity contribution is 4.87. The van der Waals surface area contributed by atoms with Crippen molar-refractivity contribution < 1.29 is 4.39 Å². The van der Waals surface area contributed by atoms with E-state index in [0.717, 1.165) is 25.9 Å². The van der Waals surface area contributed by atoms with E-state index in [2.05, 4.69) is 4.90 Å². The summed E-state index contributed by atoms with van der Waals surface area (Å²) in [4.78, 5) is 2.23. The van der Waals surface area contributed by atoms with E-state index in [1.165, 1.54) is 0 Å². The number of piperidine rings is 1.